The van der Waals surface area contributed by atoms with Crippen LogP contribution in [0.15, 0.2) is 24.8 Å². The van der Waals surface area contributed by atoms with E-state index in [1.807, 2.05) is 6.08 Å². The Morgan fingerprint density at radius 2 is 1.73 bits per heavy atom. The standard InChI is InChI=1S/C13H25NSi/c1-5-13(2)12-15(3,4)14-10-8-6-7-9-11-14/h5H,1-2,6-12H2,3-4H3. The molecule has 1 rings (SSSR count). The minimum Gasteiger partial charge on any atom is -0.323 e. The summed E-state index contributed by atoms with van der Waals surface area (Å²) in [5.74, 6) is 0. The molecule has 0 aromatic heterocycles. The van der Waals surface area contributed by atoms with Gasteiger partial charge in [-0.05, 0) is 32.0 Å². The molecule has 1 nitrogen and oxygen atoms in total. The van der Waals surface area contributed by atoms with Crippen LogP contribution >= 0.6 is 0 Å². The Hall–Kier alpha value is -0.343. The molecule has 2 heteroatoms. The van der Waals surface area contributed by atoms with Crippen LogP contribution in [-0.2, 0) is 0 Å². The van der Waals surface area contributed by atoms with Gasteiger partial charge >= 0.3 is 0 Å². The van der Waals surface area contributed by atoms with Gasteiger partial charge < -0.3 is 4.57 Å². The number of hydrogen-bond donors (Lipinski definition) is 0. The summed E-state index contributed by atoms with van der Waals surface area (Å²) in [7, 11) is -1.26. The monoisotopic (exact) mass is 223 g/mol. The molecule has 0 radical (unpaired) electrons. The maximum Gasteiger partial charge on any atom is 0.126 e. The zero-order valence-corrected chi connectivity index (χ0v) is 11.4. The van der Waals surface area contributed by atoms with Crippen LogP contribution in [0.2, 0.25) is 19.1 Å². The fourth-order valence-corrected chi connectivity index (χ4v) is 5.42. The van der Waals surface area contributed by atoms with Crippen LogP contribution in [-0.4, -0.2) is 25.9 Å². The van der Waals surface area contributed by atoms with Gasteiger partial charge in [0, 0.05) is 0 Å². The smallest absolute Gasteiger partial charge is 0.126 e. The second-order valence-corrected chi connectivity index (χ2v) is 9.86. The van der Waals surface area contributed by atoms with E-state index >= 15 is 0 Å². The molecule has 1 aliphatic heterocycles. The van der Waals surface area contributed by atoms with E-state index in [4.69, 9.17) is 0 Å². The van der Waals surface area contributed by atoms with E-state index < -0.39 is 8.24 Å². The van der Waals surface area contributed by atoms with E-state index in [1.54, 1.807) is 0 Å². The third kappa shape index (κ3) is 3.96. The lowest BCUT2D eigenvalue weighted by molar-refractivity contribution is 0.436. The third-order valence-electron chi connectivity index (χ3n) is 3.41. The highest BCUT2D eigenvalue weighted by Gasteiger charge is 2.29. The Kier molecular flexibility index (Phi) is 4.80. The average Bonchev–Trinajstić information content (AvgIpc) is 2.45. The summed E-state index contributed by atoms with van der Waals surface area (Å²) < 4.78 is 2.76. The number of allylic oxidation sites excluding steroid dienone is 2. The first kappa shape index (κ1) is 12.7. The van der Waals surface area contributed by atoms with Crippen molar-refractivity contribution >= 4 is 8.24 Å². The van der Waals surface area contributed by atoms with Crippen molar-refractivity contribution in [3.63, 3.8) is 0 Å². The van der Waals surface area contributed by atoms with E-state index in [0.717, 1.165) is 0 Å². The molecule has 0 N–H and O–H groups in total. The lowest BCUT2D eigenvalue weighted by Crippen LogP contribution is -2.49. The lowest BCUT2D eigenvalue weighted by atomic mass is 10.2. The van der Waals surface area contributed by atoms with Crippen molar-refractivity contribution in [1.29, 1.82) is 0 Å². The Morgan fingerprint density at radius 1 is 1.20 bits per heavy atom. The summed E-state index contributed by atoms with van der Waals surface area (Å²) in [6.07, 6.45) is 7.54. The van der Waals surface area contributed by atoms with Crippen LogP contribution in [0.1, 0.15) is 25.7 Å². The van der Waals surface area contributed by atoms with Crippen LogP contribution in [0.3, 0.4) is 0 Å². The number of rotatable bonds is 4. The van der Waals surface area contributed by atoms with Gasteiger partial charge in [-0.3, -0.25) is 0 Å². The third-order valence-corrected chi connectivity index (χ3v) is 6.89. The summed E-state index contributed by atoms with van der Waals surface area (Å²) in [4.78, 5) is 0. The highest BCUT2D eigenvalue weighted by Crippen LogP contribution is 2.23. The van der Waals surface area contributed by atoms with Crippen molar-refractivity contribution in [1.82, 2.24) is 4.57 Å². The molecule has 0 atom stereocenters. The molecule has 0 aromatic rings. The Bertz CT molecular complexity index is 225. The Balaban J connectivity index is 2.57. The van der Waals surface area contributed by atoms with E-state index in [2.05, 4.69) is 30.8 Å². The van der Waals surface area contributed by atoms with Crippen molar-refractivity contribution < 1.29 is 0 Å². The highest BCUT2D eigenvalue weighted by atomic mass is 28.3. The van der Waals surface area contributed by atoms with Crippen molar-refractivity contribution in [2.24, 2.45) is 0 Å². The van der Waals surface area contributed by atoms with Crippen molar-refractivity contribution in [3.8, 4) is 0 Å². The summed E-state index contributed by atoms with van der Waals surface area (Å²) in [6, 6.07) is 1.18. The molecular formula is C13H25NSi. The van der Waals surface area contributed by atoms with Crippen molar-refractivity contribution in [2.75, 3.05) is 13.1 Å². The van der Waals surface area contributed by atoms with E-state index in [9.17, 15) is 0 Å². The molecule has 1 fully saturated rings. The number of hydrogen-bond acceptors (Lipinski definition) is 1. The normalized spacial score (nSPS) is 19.6. The van der Waals surface area contributed by atoms with Crippen LogP contribution < -0.4 is 0 Å². The fourth-order valence-electron chi connectivity index (χ4n) is 2.42. The zero-order chi connectivity index (χ0) is 11.3. The minimum atomic E-state index is -1.26. The quantitative estimate of drug-likeness (QED) is 0.517. The molecule has 0 amide bonds. The van der Waals surface area contributed by atoms with Crippen LogP contribution in [0.25, 0.3) is 0 Å². The zero-order valence-electron chi connectivity index (χ0n) is 10.4. The molecule has 0 aliphatic carbocycles. The number of nitrogens with zero attached hydrogens (tertiary/aromatic N) is 1. The predicted molar refractivity (Wildman–Crippen MR) is 71.7 cm³/mol. The van der Waals surface area contributed by atoms with Crippen LogP contribution in [0, 0.1) is 0 Å². The molecule has 1 saturated heterocycles. The molecule has 0 bridgehead atoms. The van der Waals surface area contributed by atoms with Gasteiger partial charge in [0.1, 0.15) is 8.24 Å². The van der Waals surface area contributed by atoms with E-state index in [1.165, 1.54) is 50.4 Å². The van der Waals surface area contributed by atoms with Gasteiger partial charge in [-0.1, -0.05) is 50.7 Å². The molecule has 86 valence electrons. The first-order chi connectivity index (χ1) is 7.06. The van der Waals surface area contributed by atoms with Gasteiger partial charge in [0.05, 0.1) is 0 Å². The molecule has 0 spiro atoms. The fraction of sp³-hybridized carbons (Fsp3) is 0.692. The van der Waals surface area contributed by atoms with E-state index in [0.29, 0.717) is 0 Å². The average molecular weight is 223 g/mol. The summed E-state index contributed by atoms with van der Waals surface area (Å²) in [5, 5.41) is 0. The van der Waals surface area contributed by atoms with Gasteiger partial charge in [-0.2, -0.15) is 0 Å². The second kappa shape index (κ2) is 5.66. The van der Waals surface area contributed by atoms with Crippen molar-refractivity contribution in [3.05, 3.63) is 24.8 Å². The molecule has 0 saturated carbocycles. The maximum atomic E-state index is 4.07. The SMILES string of the molecule is C=CC(=C)C[Si](C)(C)N1CCCCCC1. The topological polar surface area (TPSA) is 3.24 Å². The molecule has 1 heterocycles. The Labute approximate surface area is 96.0 Å². The maximum absolute atomic E-state index is 4.07. The first-order valence-corrected chi connectivity index (χ1v) is 9.27. The van der Waals surface area contributed by atoms with Crippen LogP contribution in [0.5, 0.6) is 0 Å². The van der Waals surface area contributed by atoms with Gasteiger partial charge in [0.15, 0.2) is 0 Å². The van der Waals surface area contributed by atoms with Crippen molar-refractivity contribution in [2.45, 2.75) is 44.8 Å². The first-order valence-electron chi connectivity index (χ1n) is 6.11. The summed E-state index contributed by atoms with van der Waals surface area (Å²) in [6.45, 7) is 15.4. The minimum absolute atomic E-state index is 1.18. The van der Waals surface area contributed by atoms with Gasteiger partial charge in [-0.15, -0.1) is 0 Å². The molecular weight excluding hydrogens is 198 g/mol. The molecule has 15 heavy (non-hydrogen) atoms. The molecule has 1 aliphatic rings. The largest absolute Gasteiger partial charge is 0.323 e. The lowest BCUT2D eigenvalue weighted by Gasteiger charge is -2.36. The second-order valence-electron chi connectivity index (χ2n) is 5.25. The van der Waals surface area contributed by atoms with Gasteiger partial charge in [-0.25, -0.2) is 0 Å². The van der Waals surface area contributed by atoms with E-state index in [-0.39, 0.29) is 0 Å². The summed E-state index contributed by atoms with van der Waals surface area (Å²) in [5.41, 5.74) is 1.22. The summed E-state index contributed by atoms with van der Waals surface area (Å²) >= 11 is 0. The van der Waals surface area contributed by atoms with Gasteiger partial charge in [0.2, 0.25) is 0 Å². The molecule has 0 unspecified atom stereocenters. The Morgan fingerprint density at radius 3 is 2.20 bits per heavy atom. The predicted octanol–water partition coefficient (Wildman–Crippen LogP) is 3.81. The highest BCUT2D eigenvalue weighted by molar-refractivity contribution is 6.75. The van der Waals surface area contributed by atoms with Gasteiger partial charge in [0.25, 0.3) is 0 Å². The molecule has 0 aromatic carbocycles. The van der Waals surface area contributed by atoms with Crippen LogP contribution in [0.4, 0.5) is 0 Å².